The molecule has 0 aromatic carbocycles. The lowest BCUT2D eigenvalue weighted by atomic mass is 9.95. The lowest BCUT2D eigenvalue weighted by molar-refractivity contribution is 0.0926. The Morgan fingerprint density at radius 1 is 1.36 bits per heavy atom. The molecular formula is C15H20Cl2N4O. The van der Waals surface area contributed by atoms with E-state index in [9.17, 15) is 4.79 Å². The molecule has 2 aliphatic heterocycles. The third-order valence-electron chi connectivity index (χ3n) is 4.62. The molecule has 0 radical (unpaired) electrons. The lowest BCUT2D eigenvalue weighted by Gasteiger charge is -2.21. The highest BCUT2D eigenvalue weighted by Gasteiger charge is 2.39. The van der Waals surface area contributed by atoms with Gasteiger partial charge in [-0.2, -0.15) is 0 Å². The van der Waals surface area contributed by atoms with Crippen molar-refractivity contribution in [3.8, 4) is 0 Å². The predicted molar refractivity (Wildman–Crippen MR) is 91.1 cm³/mol. The van der Waals surface area contributed by atoms with Crippen LogP contribution in [-0.2, 0) is 0 Å². The van der Waals surface area contributed by atoms with Gasteiger partial charge in [-0.3, -0.25) is 4.79 Å². The maximum Gasteiger partial charge on any atom is 0.270 e. The minimum absolute atomic E-state index is 0. The van der Waals surface area contributed by atoms with Crippen LogP contribution in [-0.4, -0.2) is 34.0 Å². The standard InChI is InChI=1S/C15H18N4O.2ClH/c1-8-6-16-14-7-17-13(5-10(8)14)15(20)19-12-4-9-2-3-11(12)18-9;;/h5-7,9,11-12,16,18H,2-4H2,1H3,(H,19,20);2*1H/t9?,11?,12-;;/m1../s1. The minimum Gasteiger partial charge on any atom is -0.360 e. The molecular weight excluding hydrogens is 323 g/mol. The first-order valence-corrected chi connectivity index (χ1v) is 7.21. The summed E-state index contributed by atoms with van der Waals surface area (Å²) in [5.41, 5.74) is 2.61. The molecule has 22 heavy (non-hydrogen) atoms. The fraction of sp³-hybridized carbons (Fsp3) is 0.467. The van der Waals surface area contributed by atoms with Gasteiger partial charge in [0.2, 0.25) is 0 Å². The van der Waals surface area contributed by atoms with Crippen LogP contribution in [0.2, 0.25) is 0 Å². The predicted octanol–water partition coefficient (Wildman–Crippen LogP) is 2.34. The van der Waals surface area contributed by atoms with Crippen LogP contribution in [0.4, 0.5) is 0 Å². The van der Waals surface area contributed by atoms with Crippen LogP contribution in [0.15, 0.2) is 18.5 Å². The van der Waals surface area contributed by atoms with Crippen molar-refractivity contribution in [1.82, 2.24) is 20.6 Å². The van der Waals surface area contributed by atoms with E-state index in [0.29, 0.717) is 17.8 Å². The molecule has 5 nitrogen and oxygen atoms in total. The third kappa shape index (κ3) is 2.81. The number of aromatic nitrogens is 2. The van der Waals surface area contributed by atoms with Crippen molar-refractivity contribution in [2.45, 2.75) is 44.3 Å². The Labute approximate surface area is 141 Å². The van der Waals surface area contributed by atoms with E-state index in [2.05, 4.69) is 20.6 Å². The zero-order valence-electron chi connectivity index (χ0n) is 12.3. The first kappa shape index (κ1) is 17.1. The number of nitrogens with zero attached hydrogens (tertiary/aromatic N) is 1. The van der Waals surface area contributed by atoms with Crippen LogP contribution in [0.5, 0.6) is 0 Å². The van der Waals surface area contributed by atoms with Gasteiger partial charge in [-0.05, 0) is 37.8 Å². The van der Waals surface area contributed by atoms with Gasteiger partial charge in [0.05, 0.1) is 11.7 Å². The SMILES string of the molecule is Cc1c[nH]c2cnc(C(=O)N[C@@H]3CC4CCC3N4)cc12.Cl.Cl. The summed E-state index contributed by atoms with van der Waals surface area (Å²) < 4.78 is 0. The fourth-order valence-electron chi connectivity index (χ4n) is 3.51. The number of amides is 1. The van der Waals surface area contributed by atoms with E-state index in [1.54, 1.807) is 6.20 Å². The Morgan fingerprint density at radius 2 is 2.18 bits per heavy atom. The zero-order chi connectivity index (χ0) is 13.7. The Balaban J connectivity index is 0.000000882. The summed E-state index contributed by atoms with van der Waals surface area (Å²) in [5.74, 6) is -0.0631. The number of carbonyl (C=O) groups excluding carboxylic acids is 1. The molecule has 3 atom stereocenters. The van der Waals surface area contributed by atoms with Crippen molar-refractivity contribution in [3.63, 3.8) is 0 Å². The van der Waals surface area contributed by atoms with Gasteiger partial charge in [-0.15, -0.1) is 24.8 Å². The zero-order valence-corrected chi connectivity index (χ0v) is 13.9. The molecule has 4 heterocycles. The molecule has 2 aromatic heterocycles. The van der Waals surface area contributed by atoms with Crippen LogP contribution >= 0.6 is 24.8 Å². The number of halogens is 2. The van der Waals surface area contributed by atoms with Gasteiger partial charge in [0.25, 0.3) is 5.91 Å². The number of rotatable bonds is 2. The molecule has 2 aliphatic rings. The summed E-state index contributed by atoms with van der Waals surface area (Å²) in [5, 5.41) is 7.72. The van der Waals surface area contributed by atoms with Crippen molar-refractivity contribution in [2.75, 3.05) is 0 Å². The molecule has 1 amide bonds. The molecule has 3 N–H and O–H groups in total. The third-order valence-corrected chi connectivity index (χ3v) is 4.62. The number of aryl methyl sites for hydroxylation is 1. The van der Waals surface area contributed by atoms with Crippen molar-refractivity contribution >= 4 is 41.6 Å². The molecule has 7 heteroatoms. The highest BCUT2D eigenvalue weighted by Crippen LogP contribution is 2.28. The van der Waals surface area contributed by atoms with Crippen molar-refractivity contribution in [2.24, 2.45) is 0 Å². The van der Waals surface area contributed by atoms with Crippen LogP contribution in [0, 0.1) is 6.92 Å². The number of aromatic amines is 1. The molecule has 2 bridgehead atoms. The number of hydrogen-bond donors (Lipinski definition) is 3. The molecule has 0 saturated carbocycles. The monoisotopic (exact) mass is 342 g/mol. The van der Waals surface area contributed by atoms with E-state index in [1.807, 2.05) is 19.2 Å². The number of fused-ring (bicyclic) bond motifs is 3. The summed E-state index contributed by atoms with van der Waals surface area (Å²) >= 11 is 0. The van der Waals surface area contributed by atoms with Gasteiger partial charge in [-0.1, -0.05) is 0 Å². The van der Waals surface area contributed by atoms with Gasteiger partial charge >= 0.3 is 0 Å². The second-order valence-electron chi connectivity index (χ2n) is 5.95. The number of H-pyrrole nitrogens is 1. The topological polar surface area (TPSA) is 69.8 Å². The van der Waals surface area contributed by atoms with Crippen molar-refractivity contribution in [3.05, 3.63) is 29.7 Å². The van der Waals surface area contributed by atoms with Gasteiger partial charge in [0, 0.05) is 29.7 Å². The Bertz CT molecular complexity index is 687. The molecule has 2 unspecified atom stereocenters. The van der Waals surface area contributed by atoms with Gasteiger partial charge in [0.15, 0.2) is 0 Å². The highest BCUT2D eigenvalue weighted by molar-refractivity contribution is 5.96. The molecule has 2 fully saturated rings. The molecule has 120 valence electrons. The fourth-order valence-corrected chi connectivity index (χ4v) is 3.51. The summed E-state index contributed by atoms with van der Waals surface area (Å²) in [7, 11) is 0. The van der Waals surface area contributed by atoms with Gasteiger partial charge < -0.3 is 15.6 Å². The quantitative estimate of drug-likeness (QED) is 0.784. The number of hydrogen-bond acceptors (Lipinski definition) is 3. The largest absolute Gasteiger partial charge is 0.360 e. The first-order chi connectivity index (χ1) is 9.70. The average molecular weight is 343 g/mol. The van der Waals surface area contributed by atoms with Crippen LogP contribution in [0.3, 0.4) is 0 Å². The summed E-state index contributed by atoms with van der Waals surface area (Å²) in [6.45, 7) is 2.03. The smallest absolute Gasteiger partial charge is 0.270 e. The second kappa shape index (κ2) is 6.44. The summed E-state index contributed by atoms with van der Waals surface area (Å²) in [6, 6.07) is 3.16. The molecule has 0 spiro atoms. The molecule has 2 aromatic rings. The summed E-state index contributed by atoms with van der Waals surface area (Å²) in [4.78, 5) is 19.7. The van der Waals surface area contributed by atoms with E-state index < -0.39 is 0 Å². The van der Waals surface area contributed by atoms with E-state index in [1.165, 1.54) is 12.8 Å². The minimum atomic E-state index is -0.0631. The molecule has 2 saturated heterocycles. The van der Waals surface area contributed by atoms with E-state index in [-0.39, 0.29) is 36.8 Å². The molecule has 0 aliphatic carbocycles. The van der Waals surface area contributed by atoms with Crippen LogP contribution in [0.25, 0.3) is 10.9 Å². The Morgan fingerprint density at radius 3 is 2.86 bits per heavy atom. The Kier molecular flexibility index (Phi) is 5.00. The normalized spacial score (nSPS) is 25.6. The van der Waals surface area contributed by atoms with Crippen molar-refractivity contribution < 1.29 is 4.79 Å². The van der Waals surface area contributed by atoms with E-state index in [4.69, 9.17) is 0 Å². The maximum absolute atomic E-state index is 12.3. The maximum atomic E-state index is 12.3. The molecule has 4 rings (SSSR count). The first-order valence-electron chi connectivity index (χ1n) is 7.21. The second-order valence-corrected chi connectivity index (χ2v) is 5.95. The lowest BCUT2D eigenvalue weighted by Crippen LogP contribution is -2.43. The summed E-state index contributed by atoms with van der Waals surface area (Å²) in [6.07, 6.45) is 7.12. The van der Waals surface area contributed by atoms with E-state index >= 15 is 0 Å². The average Bonchev–Trinajstić information content (AvgIpc) is 3.15. The van der Waals surface area contributed by atoms with Gasteiger partial charge in [-0.25, -0.2) is 4.98 Å². The highest BCUT2D eigenvalue weighted by atomic mass is 35.5. The van der Waals surface area contributed by atoms with Gasteiger partial charge in [0.1, 0.15) is 5.69 Å². The number of carbonyl (C=O) groups is 1. The van der Waals surface area contributed by atoms with Crippen LogP contribution < -0.4 is 10.6 Å². The number of nitrogens with one attached hydrogen (secondary N) is 3. The Hall–Kier alpha value is -1.30. The number of pyridine rings is 1. The van der Waals surface area contributed by atoms with E-state index in [0.717, 1.165) is 22.9 Å². The van der Waals surface area contributed by atoms with Crippen LogP contribution in [0.1, 0.15) is 35.3 Å². The van der Waals surface area contributed by atoms with Crippen molar-refractivity contribution in [1.29, 1.82) is 0 Å².